The lowest BCUT2D eigenvalue weighted by molar-refractivity contribution is -0.199. The largest absolute Gasteiger partial charge is 0.497 e. The van der Waals surface area contributed by atoms with E-state index in [1.807, 2.05) is 53.4 Å². The van der Waals surface area contributed by atoms with Crippen LogP contribution in [0.2, 0.25) is 0 Å². The fraction of sp³-hybridized carbons (Fsp3) is 0.462. The summed E-state index contributed by atoms with van der Waals surface area (Å²) in [4.78, 5) is 27.2. The van der Waals surface area contributed by atoms with Crippen LogP contribution in [-0.4, -0.2) is 79.7 Å². The van der Waals surface area contributed by atoms with E-state index in [4.69, 9.17) is 30.5 Å². The van der Waals surface area contributed by atoms with Gasteiger partial charge in [-0.3, -0.25) is 9.59 Å². The van der Waals surface area contributed by atoms with Gasteiger partial charge in [-0.2, -0.15) is 0 Å². The molecule has 9 heteroatoms. The minimum Gasteiger partial charge on any atom is -0.497 e. The number of hydrogen-bond donors (Lipinski definition) is 0. The van der Waals surface area contributed by atoms with Crippen molar-refractivity contribution in [1.29, 1.82) is 0 Å². The Balaban J connectivity index is 0.000000195. The van der Waals surface area contributed by atoms with Gasteiger partial charge in [0, 0.05) is 34.0 Å². The summed E-state index contributed by atoms with van der Waals surface area (Å²) >= 11 is 5.76. The van der Waals surface area contributed by atoms with Gasteiger partial charge in [0.1, 0.15) is 24.2 Å². The first-order valence-electron chi connectivity index (χ1n) is 11.6. The van der Waals surface area contributed by atoms with Crippen molar-refractivity contribution in [3.05, 3.63) is 59.7 Å². The van der Waals surface area contributed by atoms with Crippen LogP contribution in [0.4, 0.5) is 0 Å². The predicted molar refractivity (Wildman–Crippen MR) is 133 cm³/mol. The molecule has 4 heterocycles. The van der Waals surface area contributed by atoms with E-state index in [9.17, 15) is 9.59 Å². The van der Waals surface area contributed by atoms with Gasteiger partial charge >= 0.3 is 0 Å². The first kappa shape index (κ1) is 25.3. The number of fused-ring (bicyclic) bond motifs is 2. The highest BCUT2D eigenvalue weighted by atomic mass is 35.5. The van der Waals surface area contributed by atoms with Crippen LogP contribution >= 0.6 is 11.6 Å². The number of piperidine rings is 1. The molecule has 2 bridgehead atoms. The minimum atomic E-state index is -0.174. The number of amides is 2. The van der Waals surface area contributed by atoms with Crippen LogP contribution in [0.1, 0.15) is 19.0 Å². The highest BCUT2D eigenvalue weighted by Crippen LogP contribution is 2.30. The van der Waals surface area contributed by atoms with Crippen molar-refractivity contribution >= 4 is 23.4 Å². The SMILES string of the molecule is COc1ccc(CN2CC(CCl)OCC2=O)cc1.COc1ccc(CN2C[C@@H]3C[C@@H](O3)C2=O)cc1.[2HH]. The second-order valence-corrected chi connectivity index (χ2v) is 9.07. The molecule has 6 rings (SSSR count). The molecule has 0 aliphatic carbocycles. The summed E-state index contributed by atoms with van der Waals surface area (Å²) in [6, 6.07) is 15.5. The summed E-state index contributed by atoms with van der Waals surface area (Å²) in [6.07, 6.45) is 0.920. The van der Waals surface area contributed by atoms with E-state index in [0.29, 0.717) is 25.5 Å². The molecular formula is C26H33ClN2O6. The number of halogens is 1. The van der Waals surface area contributed by atoms with Gasteiger partial charge in [-0.1, -0.05) is 24.3 Å². The van der Waals surface area contributed by atoms with Gasteiger partial charge in [-0.15, -0.1) is 11.6 Å². The third-order valence-electron chi connectivity index (χ3n) is 6.30. The molecule has 2 aromatic rings. The maximum Gasteiger partial charge on any atom is 0.252 e. The van der Waals surface area contributed by atoms with Gasteiger partial charge in [-0.25, -0.2) is 0 Å². The summed E-state index contributed by atoms with van der Waals surface area (Å²) in [7, 11) is 3.28. The molecule has 2 amide bonds. The molecule has 4 aliphatic rings. The van der Waals surface area contributed by atoms with E-state index in [0.717, 1.165) is 35.6 Å². The number of ether oxygens (including phenoxy) is 4. The molecule has 190 valence electrons. The van der Waals surface area contributed by atoms with Crippen molar-refractivity contribution in [3.63, 3.8) is 0 Å². The maximum atomic E-state index is 11.9. The van der Waals surface area contributed by atoms with Gasteiger partial charge in [0.15, 0.2) is 0 Å². The van der Waals surface area contributed by atoms with E-state index in [-0.39, 0.29) is 38.2 Å². The quantitative estimate of drug-likeness (QED) is 0.538. The molecular weight excluding hydrogens is 472 g/mol. The van der Waals surface area contributed by atoms with Crippen molar-refractivity contribution in [2.45, 2.75) is 37.8 Å². The van der Waals surface area contributed by atoms with Gasteiger partial charge in [0.05, 0.1) is 32.3 Å². The lowest BCUT2D eigenvalue weighted by atomic mass is 9.97. The number of carbonyl (C=O) groups is 2. The van der Waals surface area contributed by atoms with Crippen LogP contribution < -0.4 is 9.47 Å². The van der Waals surface area contributed by atoms with Gasteiger partial charge in [-0.05, 0) is 35.4 Å². The molecule has 0 saturated carbocycles. The normalized spacial score (nSPS) is 23.2. The summed E-state index contributed by atoms with van der Waals surface area (Å²) in [5.41, 5.74) is 2.19. The Hall–Kier alpha value is -2.81. The first-order valence-corrected chi connectivity index (χ1v) is 12.2. The van der Waals surface area contributed by atoms with Crippen LogP contribution in [0.5, 0.6) is 11.5 Å². The van der Waals surface area contributed by atoms with Crippen molar-refractivity contribution in [1.82, 2.24) is 9.80 Å². The predicted octanol–water partition coefficient (Wildman–Crippen LogP) is 3.10. The fourth-order valence-electron chi connectivity index (χ4n) is 4.25. The lowest BCUT2D eigenvalue weighted by Gasteiger charge is -2.46. The fourth-order valence-corrected chi connectivity index (χ4v) is 4.43. The summed E-state index contributed by atoms with van der Waals surface area (Å²) in [5, 5.41) is 0. The van der Waals surface area contributed by atoms with Gasteiger partial charge in [0.25, 0.3) is 5.91 Å². The second kappa shape index (κ2) is 11.7. The maximum absolute atomic E-state index is 11.9. The average Bonchev–Trinajstić information content (AvgIpc) is 2.87. The Kier molecular flexibility index (Phi) is 8.49. The number of benzene rings is 2. The highest BCUT2D eigenvalue weighted by molar-refractivity contribution is 6.18. The molecule has 0 spiro atoms. The van der Waals surface area contributed by atoms with Crippen molar-refractivity contribution in [2.75, 3.05) is 39.8 Å². The van der Waals surface area contributed by atoms with Crippen molar-refractivity contribution < 1.29 is 30.0 Å². The van der Waals surface area contributed by atoms with Gasteiger partial charge in [0.2, 0.25) is 5.91 Å². The van der Waals surface area contributed by atoms with Crippen molar-refractivity contribution in [3.8, 4) is 11.5 Å². The summed E-state index contributed by atoms with van der Waals surface area (Å²) in [6.45, 7) is 2.64. The van der Waals surface area contributed by atoms with Crippen LogP contribution in [0.15, 0.2) is 48.5 Å². The Morgan fingerprint density at radius 1 is 0.914 bits per heavy atom. The molecule has 2 aromatic carbocycles. The topological polar surface area (TPSA) is 77.5 Å². The van der Waals surface area contributed by atoms with Crippen LogP contribution in [0, 0.1) is 0 Å². The average molecular weight is 506 g/mol. The van der Waals surface area contributed by atoms with E-state index in [1.54, 1.807) is 19.1 Å². The zero-order chi connectivity index (χ0) is 24.8. The standard InChI is InChI=1S/C13H16ClNO3.C13H15NO3.H2/c1-17-11-4-2-10(3-5-11)7-15-8-12(6-14)18-9-13(15)16;1-16-10-4-2-9(3-5-10)7-14-8-11-6-12(17-11)13(14)15;/h2-5,12H,6-9H2,1H3;2-5,11-12H,6-8H2,1H3;1H/t;11-,12+;/m.0./s1/i;;1+1. The number of hydrogen-bond acceptors (Lipinski definition) is 6. The Bertz CT molecular complexity index is 1000. The molecule has 1 unspecified atom stereocenters. The smallest absolute Gasteiger partial charge is 0.252 e. The highest BCUT2D eigenvalue weighted by Gasteiger charge is 2.44. The third-order valence-corrected chi connectivity index (χ3v) is 6.65. The van der Waals surface area contributed by atoms with Crippen molar-refractivity contribution in [2.24, 2.45) is 0 Å². The monoisotopic (exact) mass is 505 g/mol. The first-order chi connectivity index (χ1) is 17.0. The zero-order valence-corrected chi connectivity index (χ0v) is 20.8. The molecule has 3 atom stereocenters. The molecule has 35 heavy (non-hydrogen) atoms. The van der Waals surface area contributed by atoms with Crippen LogP contribution in [0.25, 0.3) is 0 Å². The Morgan fingerprint density at radius 3 is 1.94 bits per heavy atom. The lowest BCUT2D eigenvalue weighted by Crippen LogP contribution is -2.60. The van der Waals surface area contributed by atoms with E-state index in [2.05, 4.69) is 0 Å². The summed E-state index contributed by atoms with van der Waals surface area (Å²) < 4.78 is 20.9. The second-order valence-electron chi connectivity index (χ2n) is 8.76. The van der Waals surface area contributed by atoms with Crippen LogP contribution in [0.3, 0.4) is 0 Å². The molecule has 0 aromatic heterocycles. The number of methoxy groups -OCH3 is 2. The Labute approximate surface area is 212 Å². The minimum absolute atomic E-state index is 0. The molecule has 0 radical (unpaired) electrons. The summed E-state index contributed by atoms with van der Waals surface area (Å²) in [5.74, 6) is 2.19. The number of carbonyl (C=O) groups excluding carboxylic acids is 2. The number of rotatable bonds is 7. The van der Waals surface area contributed by atoms with Gasteiger partial charge < -0.3 is 28.7 Å². The molecule has 4 fully saturated rings. The number of alkyl halides is 1. The third kappa shape index (κ3) is 6.45. The molecule has 4 aliphatic heterocycles. The molecule has 8 nitrogen and oxygen atoms in total. The molecule has 0 N–H and O–H groups in total. The number of morpholine rings is 2. The van der Waals surface area contributed by atoms with E-state index in [1.165, 1.54) is 0 Å². The van der Waals surface area contributed by atoms with E-state index < -0.39 is 0 Å². The van der Waals surface area contributed by atoms with E-state index >= 15 is 0 Å². The molecule has 4 saturated heterocycles. The Morgan fingerprint density at radius 2 is 1.46 bits per heavy atom. The zero-order valence-electron chi connectivity index (χ0n) is 20.0. The van der Waals surface area contributed by atoms with Crippen LogP contribution in [-0.2, 0) is 32.2 Å². The number of nitrogens with zero attached hydrogens (tertiary/aromatic N) is 2.